The van der Waals surface area contributed by atoms with Crippen LogP contribution in [0.25, 0.3) is 0 Å². The lowest BCUT2D eigenvalue weighted by molar-refractivity contribution is 0.0303. The van der Waals surface area contributed by atoms with Gasteiger partial charge in [-0.1, -0.05) is 0 Å². The second-order valence-corrected chi connectivity index (χ2v) is 4.39. The van der Waals surface area contributed by atoms with Crippen LogP contribution in [0.4, 0.5) is 5.82 Å². The van der Waals surface area contributed by atoms with Crippen LogP contribution in [0.5, 0.6) is 0 Å². The third-order valence-corrected chi connectivity index (χ3v) is 2.85. The molecule has 1 saturated heterocycles. The fraction of sp³-hybridized carbons (Fsp3) is 0.636. The quantitative estimate of drug-likeness (QED) is 0.815. The first-order valence-electron chi connectivity index (χ1n) is 5.81. The maximum absolute atomic E-state index is 12.2. The van der Waals surface area contributed by atoms with Crippen molar-refractivity contribution in [2.24, 2.45) is 0 Å². The molecule has 0 atom stereocenters. The molecule has 0 unspecified atom stereocenters. The van der Waals surface area contributed by atoms with Crippen molar-refractivity contribution in [3.05, 3.63) is 11.8 Å². The number of morpholine rings is 1. The first-order chi connectivity index (χ1) is 8.11. The highest BCUT2D eigenvalue weighted by Gasteiger charge is 2.23. The lowest BCUT2D eigenvalue weighted by Crippen LogP contribution is -2.40. The van der Waals surface area contributed by atoms with E-state index in [-0.39, 0.29) is 11.9 Å². The van der Waals surface area contributed by atoms with Crippen LogP contribution in [0, 0.1) is 0 Å². The second-order valence-electron chi connectivity index (χ2n) is 4.39. The molecule has 1 amide bonds. The average Bonchev–Trinajstić information content (AvgIpc) is 2.71. The van der Waals surface area contributed by atoms with Gasteiger partial charge in [-0.15, -0.1) is 0 Å². The van der Waals surface area contributed by atoms with E-state index in [0.717, 1.165) is 0 Å². The molecule has 2 N–H and O–H groups in total. The zero-order chi connectivity index (χ0) is 12.4. The number of aromatic nitrogens is 2. The molecular weight excluding hydrogens is 220 g/mol. The van der Waals surface area contributed by atoms with Gasteiger partial charge in [-0.3, -0.25) is 4.79 Å². The summed E-state index contributed by atoms with van der Waals surface area (Å²) >= 11 is 0. The zero-order valence-electron chi connectivity index (χ0n) is 10.2. The Bertz CT molecular complexity index is 408. The molecule has 1 aliphatic rings. The molecule has 2 rings (SSSR count). The molecule has 94 valence electrons. The van der Waals surface area contributed by atoms with Crippen molar-refractivity contribution in [1.82, 2.24) is 14.7 Å². The number of carbonyl (C=O) groups excluding carboxylic acids is 1. The van der Waals surface area contributed by atoms with Gasteiger partial charge in [0, 0.05) is 19.1 Å². The van der Waals surface area contributed by atoms with E-state index < -0.39 is 0 Å². The summed E-state index contributed by atoms with van der Waals surface area (Å²) in [5, 5.41) is 4.14. The van der Waals surface area contributed by atoms with Crippen LogP contribution < -0.4 is 5.73 Å². The molecule has 0 bridgehead atoms. The van der Waals surface area contributed by atoms with Crippen LogP contribution in [-0.2, 0) is 4.74 Å². The van der Waals surface area contributed by atoms with Gasteiger partial charge < -0.3 is 15.4 Å². The standard InChI is InChI=1S/C11H18N4O2/c1-8(2)15-10(12)9(7-13-15)11(16)14-3-5-17-6-4-14/h7-8H,3-6,12H2,1-2H3. The van der Waals surface area contributed by atoms with Gasteiger partial charge in [-0.05, 0) is 13.8 Å². The molecule has 0 aliphatic carbocycles. The van der Waals surface area contributed by atoms with Crippen molar-refractivity contribution in [1.29, 1.82) is 0 Å². The summed E-state index contributed by atoms with van der Waals surface area (Å²) in [7, 11) is 0. The molecule has 0 aromatic carbocycles. The minimum atomic E-state index is -0.0577. The highest BCUT2D eigenvalue weighted by Crippen LogP contribution is 2.18. The molecular formula is C11H18N4O2. The van der Waals surface area contributed by atoms with E-state index in [9.17, 15) is 4.79 Å². The summed E-state index contributed by atoms with van der Waals surface area (Å²) in [5.74, 6) is 0.384. The van der Waals surface area contributed by atoms with Crippen LogP contribution in [0.3, 0.4) is 0 Å². The molecule has 2 heterocycles. The van der Waals surface area contributed by atoms with E-state index in [1.54, 1.807) is 15.8 Å². The number of nitrogen functional groups attached to an aromatic ring is 1. The van der Waals surface area contributed by atoms with E-state index in [0.29, 0.717) is 37.7 Å². The molecule has 1 aromatic heterocycles. The Morgan fingerprint density at radius 1 is 1.47 bits per heavy atom. The van der Waals surface area contributed by atoms with Crippen molar-refractivity contribution in [3.63, 3.8) is 0 Å². The Hall–Kier alpha value is -1.56. The summed E-state index contributed by atoms with van der Waals surface area (Å²) in [6, 6.07) is 0.154. The third-order valence-electron chi connectivity index (χ3n) is 2.85. The van der Waals surface area contributed by atoms with Crippen molar-refractivity contribution in [2.45, 2.75) is 19.9 Å². The average molecular weight is 238 g/mol. The van der Waals surface area contributed by atoms with Crippen LogP contribution in [-0.4, -0.2) is 46.9 Å². The second kappa shape index (κ2) is 4.75. The largest absolute Gasteiger partial charge is 0.383 e. The van der Waals surface area contributed by atoms with E-state index in [1.165, 1.54) is 0 Å². The summed E-state index contributed by atoms with van der Waals surface area (Å²) in [5.41, 5.74) is 6.42. The van der Waals surface area contributed by atoms with E-state index in [1.807, 2.05) is 13.8 Å². The Kier molecular flexibility index (Phi) is 3.33. The van der Waals surface area contributed by atoms with Gasteiger partial charge in [0.2, 0.25) is 0 Å². The first-order valence-corrected chi connectivity index (χ1v) is 5.81. The van der Waals surface area contributed by atoms with Crippen LogP contribution in [0.1, 0.15) is 30.2 Å². The van der Waals surface area contributed by atoms with Crippen LogP contribution in [0.2, 0.25) is 0 Å². The predicted molar refractivity (Wildman–Crippen MR) is 63.7 cm³/mol. The summed E-state index contributed by atoms with van der Waals surface area (Å²) in [6.07, 6.45) is 1.55. The van der Waals surface area contributed by atoms with Gasteiger partial charge in [0.25, 0.3) is 5.91 Å². The number of nitrogens with zero attached hydrogens (tertiary/aromatic N) is 3. The highest BCUT2D eigenvalue weighted by atomic mass is 16.5. The number of rotatable bonds is 2. The van der Waals surface area contributed by atoms with Gasteiger partial charge in [0.1, 0.15) is 11.4 Å². The van der Waals surface area contributed by atoms with E-state index in [4.69, 9.17) is 10.5 Å². The number of nitrogens with two attached hydrogens (primary N) is 1. The topological polar surface area (TPSA) is 73.4 Å². The predicted octanol–water partition coefficient (Wildman–Crippen LogP) is 0.519. The maximum Gasteiger partial charge on any atom is 0.259 e. The fourth-order valence-electron chi connectivity index (χ4n) is 1.88. The van der Waals surface area contributed by atoms with Gasteiger partial charge in [0.15, 0.2) is 0 Å². The lowest BCUT2D eigenvalue weighted by atomic mass is 10.2. The number of hydrogen-bond acceptors (Lipinski definition) is 4. The minimum Gasteiger partial charge on any atom is -0.383 e. The highest BCUT2D eigenvalue weighted by molar-refractivity contribution is 5.98. The summed E-state index contributed by atoms with van der Waals surface area (Å²) in [4.78, 5) is 13.9. The molecule has 6 nitrogen and oxygen atoms in total. The van der Waals surface area contributed by atoms with Crippen molar-refractivity contribution < 1.29 is 9.53 Å². The lowest BCUT2D eigenvalue weighted by Gasteiger charge is -2.26. The van der Waals surface area contributed by atoms with Gasteiger partial charge in [0.05, 0.1) is 19.4 Å². The van der Waals surface area contributed by atoms with Crippen LogP contribution >= 0.6 is 0 Å². The minimum absolute atomic E-state index is 0.0577. The van der Waals surface area contributed by atoms with Gasteiger partial charge in [-0.2, -0.15) is 5.10 Å². The van der Waals surface area contributed by atoms with Crippen molar-refractivity contribution in [3.8, 4) is 0 Å². The van der Waals surface area contributed by atoms with Gasteiger partial charge in [-0.25, -0.2) is 4.68 Å². The molecule has 0 saturated carbocycles. The number of anilines is 1. The molecule has 1 aromatic rings. The molecule has 0 radical (unpaired) electrons. The Balaban J connectivity index is 2.19. The molecule has 1 aliphatic heterocycles. The normalized spacial score (nSPS) is 16.5. The zero-order valence-corrected chi connectivity index (χ0v) is 10.2. The SMILES string of the molecule is CC(C)n1ncc(C(=O)N2CCOCC2)c1N. The smallest absolute Gasteiger partial charge is 0.259 e. The third kappa shape index (κ3) is 2.26. The Morgan fingerprint density at radius 3 is 2.65 bits per heavy atom. The number of amides is 1. The Labute approximate surface area is 100 Å². The summed E-state index contributed by atoms with van der Waals surface area (Å²) in [6.45, 7) is 6.36. The maximum atomic E-state index is 12.2. The molecule has 17 heavy (non-hydrogen) atoms. The number of hydrogen-bond donors (Lipinski definition) is 1. The van der Waals surface area contributed by atoms with E-state index >= 15 is 0 Å². The van der Waals surface area contributed by atoms with E-state index in [2.05, 4.69) is 5.10 Å². The van der Waals surface area contributed by atoms with Crippen molar-refractivity contribution in [2.75, 3.05) is 32.0 Å². The van der Waals surface area contributed by atoms with Crippen LogP contribution in [0.15, 0.2) is 6.20 Å². The van der Waals surface area contributed by atoms with Gasteiger partial charge >= 0.3 is 0 Å². The number of carbonyl (C=O) groups is 1. The Morgan fingerprint density at radius 2 is 2.12 bits per heavy atom. The molecule has 6 heteroatoms. The summed E-state index contributed by atoms with van der Waals surface area (Å²) < 4.78 is 6.87. The first kappa shape index (κ1) is 11.9. The number of ether oxygens (including phenoxy) is 1. The fourth-order valence-corrected chi connectivity index (χ4v) is 1.88. The molecule has 1 fully saturated rings. The molecule has 0 spiro atoms. The van der Waals surface area contributed by atoms with Crippen molar-refractivity contribution >= 4 is 11.7 Å². The monoisotopic (exact) mass is 238 g/mol.